The van der Waals surface area contributed by atoms with Gasteiger partial charge >= 0.3 is 7.82 Å². The maximum absolute atomic E-state index is 18.9. The van der Waals surface area contributed by atoms with Gasteiger partial charge in [0.15, 0.2) is 34.6 Å². The third kappa shape index (κ3) is 20.3. The van der Waals surface area contributed by atoms with Gasteiger partial charge < -0.3 is 30.2 Å². The largest absolute Gasteiger partial charge is 0.481 e. The predicted octanol–water partition coefficient (Wildman–Crippen LogP) is 23.4. The summed E-state index contributed by atoms with van der Waals surface area (Å²) < 4.78 is 162. The molecule has 31 nitrogen and oxygen atoms in total. The Labute approximate surface area is 804 Å². The number of ether oxygens (including phenoxy) is 3. The van der Waals surface area contributed by atoms with Gasteiger partial charge in [-0.3, -0.25) is 42.0 Å². The van der Waals surface area contributed by atoms with Crippen LogP contribution in [0.2, 0.25) is 0 Å². The molecule has 0 saturated heterocycles. The lowest BCUT2D eigenvalue weighted by Crippen LogP contribution is -2.61. The summed E-state index contributed by atoms with van der Waals surface area (Å²) in [5.41, 5.74) is -13.4. The number of nitrogens with one attached hydrogen (secondary N) is 3. The fourth-order valence-electron chi connectivity index (χ4n) is 20.3. The SMILES string of the molecule is CCOC1CCC(n2cc(NC(=O)c3csc(-c4cnn(C(OP(=O)(OC(n5cc(-c6nc(C(=O)Nc7cn(C8CCC(OCC)CC8)nc7-c7nc(F)ccc7F)cs6)cn5)(C(C)(C)C)C(C)(C)C)OC(n5cc(-c6nc(C(=O)Nc7cn(C8CCC(OCC)CC8)nc7-c7nc(F)ccc7F)cs6)cn5)(C(C)(C)C)C(C)(C)C)(C(C)(C)C)C(C)(C)C)c4)n3)c(-c3nc(F)ccc3F)n2)CC1. The molecule has 734 valence electrons. The zero-order valence-electron chi connectivity index (χ0n) is 81.0. The minimum Gasteiger partial charge on any atom is -0.379 e. The fraction of sp³-hybridized carbons (Fsp3) is 0.531. The summed E-state index contributed by atoms with van der Waals surface area (Å²) in [6, 6.07) is 5.09. The molecule has 0 radical (unpaired) electrons. The number of thiazole rings is 3. The van der Waals surface area contributed by atoms with Gasteiger partial charge in [-0.2, -0.15) is 43.8 Å². The molecule has 3 saturated carbocycles. The van der Waals surface area contributed by atoms with Crippen LogP contribution in [-0.4, -0.2) is 144 Å². The standard InChI is InChI=1S/C96H120F6N21O10PS3/c1-22-128-61-31-25-58(26-32-61)118-49-67(79(115-118)76-64(97)37-40-73(100)112-76)106-82(124)70-52-135-85(109-70)55-43-103-121(46-55)94(88(4,5)6,89(7,8)9)131-134(127,132-95(90(10,11)12,91(13,14)15)122-47-56(44-104-122)86-110-71(53-136-86)83(125)107-68-50-119(59-27-33-62(34-28-59)129-23-2)116-80(68)77-65(98)38-41-74(101)113-77)133-96(92(16,17)18,93(19,20)21)123-48-57(45-105-123)87-111-72(54-137-87)84(126)108-69-51-120(60-29-35-63(36-30-60)130-24-3)117-81(69)78-66(99)39-42-75(102)114-78/h37-54,58-63H,22-36H2,1-21H3,(H,106,124)(H,107,125)(H,108,126). The Morgan fingerprint density at radius 2 is 0.599 bits per heavy atom. The number of aromatic nitrogens is 18. The highest BCUT2D eigenvalue weighted by Gasteiger charge is 2.68. The van der Waals surface area contributed by atoms with Crippen molar-refractivity contribution in [2.24, 2.45) is 32.5 Å². The second-order valence-electron chi connectivity index (χ2n) is 41.3. The van der Waals surface area contributed by atoms with Crippen LogP contribution < -0.4 is 16.0 Å². The minimum absolute atomic E-state index is 0.0477. The Hall–Kier alpha value is -10.4. The van der Waals surface area contributed by atoms with Crippen molar-refractivity contribution in [1.29, 1.82) is 0 Å². The molecule has 3 amide bonds. The molecule has 0 unspecified atom stereocenters. The number of nitrogens with zero attached hydrogens (tertiary/aromatic N) is 18. The highest BCUT2D eigenvalue weighted by atomic mass is 32.1. The first-order chi connectivity index (χ1) is 64.5. The molecule has 0 bridgehead atoms. The van der Waals surface area contributed by atoms with Crippen molar-refractivity contribution in [2.75, 3.05) is 35.8 Å². The molecular weight excluding hydrogens is 1850 g/mol. The Morgan fingerprint density at radius 1 is 0.358 bits per heavy atom. The number of halogens is 6. The second-order valence-corrected chi connectivity index (χ2v) is 45.3. The van der Waals surface area contributed by atoms with Crippen LogP contribution in [0.3, 0.4) is 0 Å². The average Bonchev–Trinajstić information content (AvgIpc) is 1.40. The van der Waals surface area contributed by atoms with Crippen LogP contribution in [0.4, 0.5) is 43.4 Å². The van der Waals surface area contributed by atoms with Crippen LogP contribution in [0.5, 0.6) is 0 Å². The van der Waals surface area contributed by atoms with Gasteiger partial charge in [-0.1, -0.05) is 125 Å². The number of anilines is 3. The Bertz CT molecular complexity index is 5760. The number of amides is 3. The quantitative estimate of drug-likeness (QED) is 0.0214. The first kappa shape index (κ1) is 101. The molecule has 0 atom stereocenters. The van der Waals surface area contributed by atoms with Gasteiger partial charge in [-0.25, -0.2) is 61.7 Å². The van der Waals surface area contributed by atoms with Gasteiger partial charge in [0, 0.05) is 122 Å². The summed E-state index contributed by atoms with van der Waals surface area (Å²) in [5, 5.41) is 43.8. The van der Waals surface area contributed by atoms with E-state index in [4.69, 9.17) is 73.3 Å². The van der Waals surface area contributed by atoms with Gasteiger partial charge in [0.05, 0.1) is 72.1 Å². The van der Waals surface area contributed by atoms with Crippen LogP contribution >= 0.6 is 41.8 Å². The van der Waals surface area contributed by atoms with E-state index in [2.05, 4.69) is 30.9 Å². The zero-order valence-corrected chi connectivity index (χ0v) is 84.4. The zero-order chi connectivity index (χ0) is 98.8. The van der Waals surface area contributed by atoms with Gasteiger partial charge in [0.2, 0.25) is 17.8 Å². The summed E-state index contributed by atoms with van der Waals surface area (Å²) in [5.74, 6) is -7.50. The summed E-state index contributed by atoms with van der Waals surface area (Å²) >= 11 is 3.36. The highest BCUT2D eigenvalue weighted by Crippen LogP contribution is 2.72. The van der Waals surface area contributed by atoms with Crippen molar-refractivity contribution in [3.05, 3.63) is 161 Å². The van der Waals surface area contributed by atoms with E-state index in [1.54, 1.807) is 100 Å². The van der Waals surface area contributed by atoms with E-state index in [0.717, 1.165) is 109 Å². The molecule has 3 N–H and O–H groups in total. The molecule has 3 aliphatic carbocycles. The van der Waals surface area contributed by atoms with Crippen molar-refractivity contribution in [1.82, 2.24) is 88.6 Å². The van der Waals surface area contributed by atoms with Crippen molar-refractivity contribution in [3.63, 3.8) is 0 Å². The Balaban J connectivity index is 0.812. The van der Waals surface area contributed by atoms with E-state index < -0.39 is 128 Å². The number of carbonyl (C=O) groups excluding carboxylic acids is 3. The van der Waals surface area contributed by atoms with E-state index in [1.165, 1.54) is 0 Å². The summed E-state index contributed by atoms with van der Waals surface area (Å²) in [7, 11) is -5.68. The minimum atomic E-state index is -5.68. The van der Waals surface area contributed by atoms with Crippen LogP contribution in [0, 0.1) is 67.8 Å². The first-order valence-corrected chi connectivity index (χ1v) is 50.4. The molecule has 0 aliphatic heterocycles. The molecule has 3 aliphatic rings. The number of phosphoric ester groups is 1. The molecule has 12 aromatic heterocycles. The van der Waals surface area contributed by atoms with Gasteiger partial charge in [-0.15, -0.1) is 34.0 Å². The third-order valence-electron chi connectivity index (χ3n) is 25.8. The third-order valence-corrected chi connectivity index (χ3v) is 29.9. The lowest BCUT2D eigenvalue weighted by Gasteiger charge is -2.58. The number of phosphoric acid groups is 1. The summed E-state index contributed by atoms with van der Waals surface area (Å²) in [4.78, 5) is 70.5. The molecule has 0 aromatic carbocycles. The maximum Gasteiger partial charge on any atom is 0.481 e. The first-order valence-electron chi connectivity index (χ1n) is 46.3. The number of rotatable bonds is 30. The Kier molecular flexibility index (Phi) is 28.7. The summed E-state index contributed by atoms with van der Waals surface area (Å²) in [6.07, 6.45) is 23.1. The molecule has 12 aromatic rings. The number of hydrogen-bond acceptors (Lipinski definition) is 25. The van der Waals surface area contributed by atoms with Gasteiger partial charge in [-0.05, 0) is 134 Å². The molecule has 0 spiro atoms. The molecule has 12 heterocycles. The number of pyridine rings is 3. The van der Waals surface area contributed by atoms with Crippen LogP contribution in [-0.2, 0) is 49.5 Å². The van der Waals surface area contributed by atoms with Crippen molar-refractivity contribution in [2.45, 2.75) is 276 Å². The second kappa shape index (κ2) is 39.0. The van der Waals surface area contributed by atoms with Crippen LogP contribution in [0.1, 0.15) is 272 Å². The topological polar surface area (TPSA) is 344 Å². The Morgan fingerprint density at radius 3 is 0.825 bits per heavy atom. The molecule has 3 fully saturated rings. The molecule has 15 rings (SSSR count). The van der Waals surface area contributed by atoms with Crippen LogP contribution in [0.15, 0.2) is 108 Å². The fourth-order valence-corrected chi connectivity index (χ4v) is 25.6. The van der Waals surface area contributed by atoms with E-state index in [9.17, 15) is 27.6 Å². The molecule has 137 heavy (non-hydrogen) atoms. The van der Waals surface area contributed by atoms with E-state index in [0.29, 0.717) is 90.1 Å². The smallest absolute Gasteiger partial charge is 0.379 e. The normalized spacial score (nSPS) is 18.6. The van der Waals surface area contributed by atoms with Crippen LogP contribution in [0.25, 0.3) is 65.9 Å². The highest BCUT2D eigenvalue weighted by molar-refractivity contribution is 7.48. The summed E-state index contributed by atoms with van der Waals surface area (Å²) in [6.45, 7) is 41.8. The van der Waals surface area contributed by atoms with E-state index >= 15 is 17.7 Å². The average molecular weight is 1970 g/mol. The van der Waals surface area contributed by atoms with Crippen molar-refractivity contribution in [3.8, 4) is 65.9 Å². The van der Waals surface area contributed by atoms with E-state index in [-0.39, 0.29) is 87.7 Å². The van der Waals surface area contributed by atoms with E-state index in [1.807, 2.05) is 145 Å². The lowest BCUT2D eigenvalue weighted by molar-refractivity contribution is -0.267. The van der Waals surface area contributed by atoms with Gasteiger partial charge in [0.25, 0.3) is 17.7 Å². The number of hydrogen-bond donors (Lipinski definition) is 3. The monoisotopic (exact) mass is 1970 g/mol. The van der Waals surface area contributed by atoms with Crippen molar-refractivity contribution >= 4 is 76.6 Å². The maximum atomic E-state index is 18.9. The number of carbonyl (C=O) groups is 3. The van der Waals surface area contributed by atoms with Crippen molar-refractivity contribution < 1.29 is 73.1 Å². The molecular formula is C96H120F6N21O10PS3. The lowest BCUT2D eigenvalue weighted by atomic mass is 9.68. The van der Waals surface area contributed by atoms with Gasteiger partial charge in [0.1, 0.15) is 66.3 Å². The predicted molar refractivity (Wildman–Crippen MR) is 510 cm³/mol. The molecule has 41 heteroatoms.